The summed E-state index contributed by atoms with van der Waals surface area (Å²) in [7, 11) is 0. The molecule has 6 heteroatoms. The van der Waals surface area contributed by atoms with Gasteiger partial charge in [-0.3, -0.25) is 14.4 Å². The number of allylic oxidation sites excluding steroid dienone is 20. The number of unbranched alkanes of at least 4 members (excludes halogenated alkanes) is 30. The first-order chi connectivity index (χ1) is 40.0. The molecule has 0 aliphatic carbocycles. The third kappa shape index (κ3) is 66.5. The third-order valence-electron chi connectivity index (χ3n) is 14.5. The molecule has 0 aliphatic heterocycles. The highest BCUT2D eigenvalue weighted by atomic mass is 16.6. The summed E-state index contributed by atoms with van der Waals surface area (Å²) in [6.45, 7) is 6.49. The zero-order valence-corrected chi connectivity index (χ0v) is 53.0. The number of carbonyl (C=O) groups excluding carboxylic acids is 3. The highest BCUT2D eigenvalue weighted by molar-refractivity contribution is 5.71. The predicted molar refractivity (Wildman–Crippen MR) is 353 cm³/mol. The predicted octanol–water partition coefficient (Wildman–Crippen LogP) is 23.6. The van der Waals surface area contributed by atoms with Crippen molar-refractivity contribution in [1.82, 2.24) is 0 Å². The lowest BCUT2D eigenvalue weighted by Gasteiger charge is -2.18. The maximum Gasteiger partial charge on any atom is 0.306 e. The van der Waals surface area contributed by atoms with E-state index in [9.17, 15) is 14.4 Å². The largest absolute Gasteiger partial charge is 0.462 e. The molecule has 0 aromatic rings. The molecule has 0 aromatic heterocycles. The van der Waals surface area contributed by atoms with Crippen LogP contribution >= 0.6 is 0 Å². The summed E-state index contributed by atoms with van der Waals surface area (Å²) in [6.07, 6.45) is 95.3. The van der Waals surface area contributed by atoms with Gasteiger partial charge >= 0.3 is 17.9 Å². The van der Waals surface area contributed by atoms with Crippen molar-refractivity contribution in [2.45, 2.75) is 322 Å². The number of esters is 3. The molecule has 6 nitrogen and oxygen atoms in total. The first-order valence-electron chi connectivity index (χ1n) is 34.0. The van der Waals surface area contributed by atoms with Gasteiger partial charge in [0.2, 0.25) is 0 Å². The Labute approximate surface area is 501 Å². The number of hydrogen-bond acceptors (Lipinski definition) is 6. The summed E-state index contributed by atoms with van der Waals surface area (Å²) in [5, 5.41) is 0. The Morgan fingerprint density at radius 1 is 0.259 bits per heavy atom. The van der Waals surface area contributed by atoms with E-state index in [-0.39, 0.29) is 31.1 Å². The van der Waals surface area contributed by atoms with Gasteiger partial charge in [0, 0.05) is 19.3 Å². The quantitative estimate of drug-likeness (QED) is 0.0261. The third-order valence-corrected chi connectivity index (χ3v) is 14.5. The van der Waals surface area contributed by atoms with Crippen LogP contribution in [0.15, 0.2) is 122 Å². The Balaban J connectivity index is 4.17. The Morgan fingerprint density at radius 3 is 0.753 bits per heavy atom. The highest BCUT2D eigenvalue weighted by Gasteiger charge is 2.19. The van der Waals surface area contributed by atoms with Crippen molar-refractivity contribution < 1.29 is 28.6 Å². The van der Waals surface area contributed by atoms with Crippen LogP contribution in [-0.2, 0) is 28.6 Å². The fourth-order valence-electron chi connectivity index (χ4n) is 9.41. The lowest BCUT2D eigenvalue weighted by atomic mass is 10.0. The number of hydrogen-bond donors (Lipinski definition) is 0. The molecular weight excluding hydrogens is 997 g/mol. The smallest absolute Gasteiger partial charge is 0.306 e. The minimum Gasteiger partial charge on any atom is -0.462 e. The monoisotopic (exact) mass is 1120 g/mol. The Bertz CT molecular complexity index is 1670. The van der Waals surface area contributed by atoms with E-state index >= 15 is 0 Å². The van der Waals surface area contributed by atoms with Crippen molar-refractivity contribution in [3.63, 3.8) is 0 Å². The fraction of sp³-hybridized carbons (Fsp3) is 0.693. The maximum absolute atomic E-state index is 12.9. The van der Waals surface area contributed by atoms with Crippen molar-refractivity contribution in [1.29, 1.82) is 0 Å². The Kier molecular flexibility index (Phi) is 64.8. The molecule has 1 atom stereocenters. The van der Waals surface area contributed by atoms with Gasteiger partial charge in [-0.05, 0) is 96.3 Å². The SMILES string of the molecule is CC/C=C\C/C=C\C/C=C\C/C=C\C/C=C\C/C=C\C/C=C\C/C=C\C/C=C\C/C=C\CCCCCCC(=O)OCC(COC(=O)CCCCCCCCC)OC(=O)CCCCCCCCCCCCCCCCCCCCCCC. The molecule has 0 radical (unpaired) electrons. The van der Waals surface area contributed by atoms with E-state index in [4.69, 9.17) is 14.2 Å². The van der Waals surface area contributed by atoms with Gasteiger partial charge in [0.25, 0.3) is 0 Å². The highest BCUT2D eigenvalue weighted by Crippen LogP contribution is 2.17. The zero-order valence-electron chi connectivity index (χ0n) is 53.0. The zero-order chi connectivity index (χ0) is 58.5. The molecule has 1 unspecified atom stereocenters. The summed E-state index contributed by atoms with van der Waals surface area (Å²) in [5.74, 6) is -0.908. The molecule has 0 fully saturated rings. The van der Waals surface area contributed by atoms with Crippen molar-refractivity contribution in [3.8, 4) is 0 Å². The van der Waals surface area contributed by atoms with Crippen molar-refractivity contribution in [2.24, 2.45) is 0 Å². The first-order valence-corrected chi connectivity index (χ1v) is 34.0. The topological polar surface area (TPSA) is 78.9 Å². The number of ether oxygens (including phenoxy) is 3. The summed E-state index contributed by atoms with van der Waals surface area (Å²) in [5.41, 5.74) is 0. The minimum absolute atomic E-state index is 0.0842. The van der Waals surface area contributed by atoms with E-state index in [0.29, 0.717) is 19.3 Å². The van der Waals surface area contributed by atoms with E-state index in [1.54, 1.807) is 0 Å². The van der Waals surface area contributed by atoms with E-state index in [0.717, 1.165) is 135 Å². The summed E-state index contributed by atoms with van der Waals surface area (Å²) in [4.78, 5) is 38.1. The molecule has 0 saturated carbocycles. The Morgan fingerprint density at radius 2 is 0.481 bits per heavy atom. The molecule has 0 saturated heterocycles. The summed E-state index contributed by atoms with van der Waals surface area (Å²) in [6, 6.07) is 0. The molecule has 0 heterocycles. The van der Waals surface area contributed by atoms with Gasteiger partial charge in [-0.25, -0.2) is 0 Å². The lowest BCUT2D eigenvalue weighted by Crippen LogP contribution is -2.30. The molecule has 0 bridgehead atoms. The average Bonchev–Trinajstić information content (AvgIpc) is 3.47. The summed E-state index contributed by atoms with van der Waals surface area (Å²) < 4.78 is 16.8. The van der Waals surface area contributed by atoms with E-state index < -0.39 is 6.10 Å². The molecule has 0 spiro atoms. The van der Waals surface area contributed by atoms with Crippen LogP contribution in [0.25, 0.3) is 0 Å². The molecular formula is C75H126O6. The fourth-order valence-corrected chi connectivity index (χ4v) is 9.41. The second kappa shape index (κ2) is 68.3. The van der Waals surface area contributed by atoms with Crippen molar-refractivity contribution in [3.05, 3.63) is 122 Å². The van der Waals surface area contributed by atoms with Crippen molar-refractivity contribution in [2.75, 3.05) is 13.2 Å². The van der Waals surface area contributed by atoms with E-state index in [2.05, 4.69) is 142 Å². The van der Waals surface area contributed by atoms with Crippen LogP contribution in [0, 0.1) is 0 Å². The molecule has 0 N–H and O–H groups in total. The Hall–Kier alpha value is -4.19. The maximum atomic E-state index is 12.9. The molecule has 0 rings (SSSR count). The first kappa shape index (κ1) is 76.8. The van der Waals surface area contributed by atoms with Crippen molar-refractivity contribution >= 4 is 17.9 Å². The second-order valence-corrected chi connectivity index (χ2v) is 22.4. The van der Waals surface area contributed by atoms with Gasteiger partial charge in [-0.1, -0.05) is 322 Å². The molecule has 81 heavy (non-hydrogen) atoms. The number of carbonyl (C=O) groups is 3. The van der Waals surface area contributed by atoms with Gasteiger partial charge in [0.1, 0.15) is 13.2 Å². The van der Waals surface area contributed by atoms with E-state index in [1.165, 1.54) is 141 Å². The van der Waals surface area contributed by atoms with Gasteiger partial charge < -0.3 is 14.2 Å². The van der Waals surface area contributed by atoms with Crippen LogP contribution in [0.4, 0.5) is 0 Å². The molecule has 0 aromatic carbocycles. The van der Waals surface area contributed by atoms with Crippen LogP contribution in [0.1, 0.15) is 316 Å². The lowest BCUT2D eigenvalue weighted by molar-refractivity contribution is -0.167. The van der Waals surface area contributed by atoms with Gasteiger partial charge in [0.05, 0.1) is 0 Å². The average molecular weight is 1120 g/mol. The standard InChI is InChI=1S/C75H126O6/c1-4-7-10-13-16-18-20-22-24-26-28-30-31-32-33-34-35-36-37-38-39-40-41-42-43-45-46-48-50-52-54-56-59-62-65-68-74(77)80-71-72(70-79-73(76)67-64-61-58-15-12-9-6-3)81-75(78)69-66-63-60-57-55-53-51-49-47-44-29-27-25-23-21-19-17-14-11-8-5-2/h7,10,16,18,22,24,28,30,32-33,35-36,38-39,41-42,45-46,50,52,72H,4-6,8-9,11-15,17,19-21,23,25-27,29,31,34,37,40,43-44,47-49,51,53-71H2,1-3H3/b10-7-,18-16-,24-22-,30-28-,33-32-,36-35-,39-38-,42-41-,46-45-,52-50-. The second-order valence-electron chi connectivity index (χ2n) is 22.4. The van der Waals surface area contributed by atoms with E-state index in [1.807, 2.05) is 0 Å². The number of rotatable bonds is 61. The van der Waals surface area contributed by atoms with Crippen LogP contribution in [-0.4, -0.2) is 37.2 Å². The van der Waals surface area contributed by atoms with Gasteiger partial charge in [0.15, 0.2) is 6.10 Å². The van der Waals surface area contributed by atoms with Crippen LogP contribution < -0.4 is 0 Å². The van der Waals surface area contributed by atoms with Crippen LogP contribution in [0.2, 0.25) is 0 Å². The van der Waals surface area contributed by atoms with Crippen LogP contribution in [0.5, 0.6) is 0 Å². The summed E-state index contributed by atoms with van der Waals surface area (Å²) >= 11 is 0. The molecule has 0 aliphatic rings. The van der Waals surface area contributed by atoms with Gasteiger partial charge in [-0.2, -0.15) is 0 Å². The molecule has 462 valence electrons. The van der Waals surface area contributed by atoms with Crippen LogP contribution in [0.3, 0.4) is 0 Å². The molecule has 0 amide bonds. The normalized spacial score (nSPS) is 12.9. The van der Waals surface area contributed by atoms with Gasteiger partial charge in [-0.15, -0.1) is 0 Å². The minimum atomic E-state index is -0.787.